The van der Waals surface area contributed by atoms with Crippen LogP contribution in [0.5, 0.6) is 0 Å². The number of carboxylic acid groups (broad SMARTS) is 1. The number of allylic oxidation sites excluding steroid dienone is 4. The normalized spacial score (nSPS) is 14.8. The fourth-order valence-corrected chi connectivity index (χ4v) is 8.89. The first kappa shape index (κ1) is 43.9. The number of aryl methyl sites for hydroxylation is 1. The number of unbranched alkanes of at least 4 members (excludes halogenated alkanes) is 2. The van der Waals surface area contributed by atoms with Crippen LogP contribution in [0.1, 0.15) is 45.1 Å². The molecule has 54 heavy (non-hydrogen) atoms. The van der Waals surface area contributed by atoms with Gasteiger partial charge in [0.2, 0.25) is 5.69 Å². The second-order valence-electron chi connectivity index (χ2n) is 13.8. The molecule has 1 aliphatic heterocycles. The van der Waals surface area contributed by atoms with Crippen molar-refractivity contribution in [1.29, 1.82) is 0 Å². The summed E-state index contributed by atoms with van der Waals surface area (Å²) in [5.41, 5.74) is 3.45. The van der Waals surface area contributed by atoms with Crippen LogP contribution in [0, 0.1) is 0 Å². The van der Waals surface area contributed by atoms with Crippen LogP contribution in [-0.4, -0.2) is 67.4 Å². The van der Waals surface area contributed by atoms with Crippen LogP contribution < -0.4 is 74.5 Å². The number of rotatable bonds is 12. The molecule has 4 aromatic carbocycles. The average Bonchev–Trinajstić information content (AvgIpc) is 3.46. The maximum Gasteiger partial charge on any atom is 1.00 e. The Labute approximate surface area is 359 Å². The minimum absolute atomic E-state index is 0. The largest absolute Gasteiger partial charge is 1.00 e. The predicted octanol–water partition coefficient (Wildman–Crippen LogP) is -1.63. The van der Waals surface area contributed by atoms with E-state index < -0.39 is 41.4 Å². The summed E-state index contributed by atoms with van der Waals surface area (Å²) in [4.78, 5) is 11.5. The van der Waals surface area contributed by atoms with Crippen molar-refractivity contribution in [3.8, 4) is 0 Å². The van der Waals surface area contributed by atoms with Gasteiger partial charge in [0.1, 0.15) is 26.8 Å². The molecule has 0 N–H and O–H groups in total. The third-order valence-corrected chi connectivity index (χ3v) is 11.6. The van der Waals surface area contributed by atoms with Crippen LogP contribution in [0.3, 0.4) is 0 Å². The molecule has 0 atom stereocenters. The molecule has 272 valence electrons. The van der Waals surface area contributed by atoms with Gasteiger partial charge in [0.05, 0.1) is 15.2 Å². The quantitative estimate of drug-likeness (QED) is 0.0475. The monoisotopic (exact) mass is 787 g/mol. The molecule has 0 bridgehead atoms. The molecule has 0 aliphatic carbocycles. The van der Waals surface area contributed by atoms with E-state index in [0.717, 1.165) is 33.7 Å². The van der Waals surface area contributed by atoms with Crippen molar-refractivity contribution < 1.29 is 99.5 Å². The second kappa shape index (κ2) is 16.7. The molecular formula is C39H39N3Na2O8S2. The van der Waals surface area contributed by atoms with Crippen molar-refractivity contribution >= 4 is 81.8 Å². The smallest absolute Gasteiger partial charge is 0.744 e. The minimum Gasteiger partial charge on any atom is -0.744 e. The number of carboxylic acids is 1. The van der Waals surface area contributed by atoms with Gasteiger partial charge in [-0.3, -0.25) is 0 Å². The predicted molar refractivity (Wildman–Crippen MR) is 199 cm³/mol. The van der Waals surface area contributed by atoms with Crippen molar-refractivity contribution in [2.24, 2.45) is 7.05 Å². The van der Waals surface area contributed by atoms with Gasteiger partial charge in [-0.05, 0) is 74.9 Å². The van der Waals surface area contributed by atoms with Gasteiger partial charge < -0.3 is 28.5 Å². The number of anilines is 1. The van der Waals surface area contributed by atoms with Crippen molar-refractivity contribution in [1.82, 2.24) is 4.57 Å². The second-order valence-corrected chi connectivity index (χ2v) is 16.5. The maximum atomic E-state index is 12.3. The molecule has 0 fully saturated rings. The van der Waals surface area contributed by atoms with E-state index in [1.54, 1.807) is 6.07 Å². The fourth-order valence-electron chi connectivity index (χ4n) is 7.57. The summed E-state index contributed by atoms with van der Waals surface area (Å²) in [6.07, 6.45) is 11.3. The molecule has 0 saturated carbocycles. The van der Waals surface area contributed by atoms with Gasteiger partial charge in [-0.15, -0.1) is 0 Å². The first-order valence-corrected chi connectivity index (χ1v) is 19.6. The van der Waals surface area contributed by atoms with Gasteiger partial charge >= 0.3 is 59.1 Å². The first-order chi connectivity index (χ1) is 24.4. The topological polar surface area (TPSA) is 166 Å². The van der Waals surface area contributed by atoms with E-state index >= 15 is 0 Å². The number of benzene rings is 4. The SMILES string of the molecule is CN(C)c1ccc2c3c1cccc3\c(=C/C=C/C=C/C1=[N+](CCCCCC(=O)[O-])c3ccc4c(S(=O)(=O)[O-])cc(S(=O)(=O)[O-])cc4c3C1(C)C)n2C.[Na+].[Na+]. The Hall–Kier alpha value is -2.82. The zero-order valence-electron chi connectivity index (χ0n) is 31.5. The first-order valence-electron chi connectivity index (χ1n) is 16.8. The number of hydrogen-bond donors (Lipinski definition) is 0. The van der Waals surface area contributed by atoms with Crippen LogP contribution in [0.2, 0.25) is 0 Å². The van der Waals surface area contributed by atoms with Crippen molar-refractivity contribution in [3.05, 3.63) is 89.8 Å². The molecule has 1 aliphatic rings. The Kier molecular flexibility index (Phi) is 13.6. The minimum atomic E-state index is -5.15. The number of nitrogens with zero attached hydrogens (tertiary/aromatic N) is 3. The standard InChI is InChI=1S/C39H41N3O8S2.2Na/c1-39(2)35(16-9-6-8-15-31-28-14-12-13-27-30(40(3)4)20-21-32(37(27)28)41(31)5)42(22-11-7-10-17-36(43)44)33-19-18-26-29(38(33)39)23-25(51(45,46)47)24-34(26)52(48,49)50;;/h6,8-9,12-16,18-21,23-24H,7,10-11,17,22H2,1-5H3,(H2-,43,44,45,46,47,48,49,50);;/q;2*+1/p-2. The van der Waals surface area contributed by atoms with Crippen molar-refractivity contribution in [2.45, 2.75) is 54.7 Å². The zero-order chi connectivity index (χ0) is 37.7. The van der Waals surface area contributed by atoms with Crippen LogP contribution in [0.4, 0.5) is 11.4 Å². The molecule has 15 heteroatoms. The molecule has 5 aromatic rings. The van der Waals surface area contributed by atoms with Crippen molar-refractivity contribution in [2.75, 3.05) is 25.5 Å². The summed E-state index contributed by atoms with van der Waals surface area (Å²) in [7, 11) is -4.17. The van der Waals surface area contributed by atoms with Gasteiger partial charge in [0.25, 0.3) is 0 Å². The van der Waals surface area contributed by atoms with E-state index in [2.05, 4.69) is 39.8 Å². The molecule has 0 amide bonds. The summed E-state index contributed by atoms with van der Waals surface area (Å²) in [6.45, 7) is 4.28. The van der Waals surface area contributed by atoms with E-state index in [-0.39, 0.29) is 76.3 Å². The van der Waals surface area contributed by atoms with Gasteiger partial charge in [-0.2, -0.15) is 4.58 Å². The number of hydrogen-bond acceptors (Lipinski definition) is 9. The Balaban J connectivity index is 0.00000325. The summed E-state index contributed by atoms with van der Waals surface area (Å²) < 4.78 is 77.5. The summed E-state index contributed by atoms with van der Waals surface area (Å²) >= 11 is 0. The average molecular weight is 788 g/mol. The van der Waals surface area contributed by atoms with E-state index in [4.69, 9.17) is 0 Å². The van der Waals surface area contributed by atoms with E-state index in [1.165, 1.54) is 16.8 Å². The molecule has 2 heterocycles. The van der Waals surface area contributed by atoms with Gasteiger partial charge in [-0.25, -0.2) is 16.8 Å². The van der Waals surface area contributed by atoms with E-state index in [0.29, 0.717) is 43.1 Å². The third kappa shape index (κ3) is 8.31. The molecular weight excluding hydrogens is 749 g/mol. The molecule has 6 rings (SSSR count). The van der Waals surface area contributed by atoms with Crippen LogP contribution in [-0.2, 0) is 37.5 Å². The number of aromatic nitrogens is 1. The Morgan fingerprint density at radius 1 is 0.852 bits per heavy atom. The number of aliphatic carboxylic acids is 1. The third-order valence-electron chi connectivity index (χ3n) is 9.92. The van der Waals surface area contributed by atoms with E-state index in [1.807, 2.05) is 69.9 Å². The molecule has 1 aromatic heterocycles. The fraction of sp³-hybridized carbons (Fsp3) is 0.282. The Bertz CT molecular complexity index is 2660. The molecule has 11 nitrogen and oxygen atoms in total. The molecule has 0 saturated heterocycles. The Morgan fingerprint density at radius 2 is 1.56 bits per heavy atom. The summed E-state index contributed by atoms with van der Waals surface area (Å²) in [5, 5.41) is 15.7. The number of carbonyl (C=O) groups excluding carboxylic acids is 1. The van der Waals surface area contributed by atoms with Gasteiger partial charge in [0.15, 0.2) is 5.71 Å². The van der Waals surface area contributed by atoms with Crippen LogP contribution in [0.15, 0.2) is 88.7 Å². The maximum absolute atomic E-state index is 12.3. The van der Waals surface area contributed by atoms with E-state index in [9.17, 15) is 35.8 Å². The number of fused-ring (bicyclic) bond motifs is 3. The van der Waals surface area contributed by atoms with Crippen molar-refractivity contribution in [3.63, 3.8) is 0 Å². The van der Waals surface area contributed by atoms with Gasteiger partial charge in [-0.1, -0.05) is 36.4 Å². The summed E-state index contributed by atoms with van der Waals surface area (Å²) in [6, 6.07) is 15.5. The zero-order valence-corrected chi connectivity index (χ0v) is 37.2. The van der Waals surface area contributed by atoms with Crippen LogP contribution >= 0.6 is 0 Å². The summed E-state index contributed by atoms with van der Waals surface area (Å²) in [5.74, 6) is -1.12. The molecule has 0 spiro atoms. The Morgan fingerprint density at radius 3 is 2.20 bits per heavy atom. The van der Waals surface area contributed by atoms with Gasteiger partial charge in [0, 0.05) is 89.3 Å². The molecule has 0 radical (unpaired) electrons. The van der Waals surface area contributed by atoms with Crippen LogP contribution in [0.25, 0.3) is 38.5 Å². The number of carbonyl (C=O) groups is 1. The molecule has 0 unspecified atom stereocenters.